The molecule has 0 saturated carbocycles. The molecule has 0 spiro atoms. The molecule has 0 aliphatic carbocycles. The van der Waals surface area contributed by atoms with Gasteiger partial charge in [-0.15, -0.1) is 15.3 Å². The zero-order valence-corrected chi connectivity index (χ0v) is 13.7. The number of hydrogen-bond acceptors (Lipinski definition) is 6. The lowest BCUT2D eigenvalue weighted by atomic mass is 9.99. The van der Waals surface area contributed by atoms with Gasteiger partial charge in [0.1, 0.15) is 5.82 Å². The molecule has 1 fully saturated rings. The third kappa shape index (κ3) is 3.02. The average Bonchev–Trinajstić information content (AvgIpc) is 3.02. The van der Waals surface area contributed by atoms with Gasteiger partial charge in [-0.1, -0.05) is 6.07 Å². The van der Waals surface area contributed by atoms with E-state index >= 15 is 0 Å². The van der Waals surface area contributed by atoms with Gasteiger partial charge in [0.25, 0.3) is 0 Å². The van der Waals surface area contributed by atoms with E-state index in [9.17, 15) is 0 Å². The van der Waals surface area contributed by atoms with Crippen molar-refractivity contribution in [2.45, 2.75) is 19.8 Å². The van der Waals surface area contributed by atoms with Gasteiger partial charge < -0.3 is 9.64 Å². The second kappa shape index (κ2) is 6.43. The molecule has 1 aliphatic heterocycles. The summed E-state index contributed by atoms with van der Waals surface area (Å²) in [6.45, 7) is 4.55. The van der Waals surface area contributed by atoms with Crippen molar-refractivity contribution in [3.8, 4) is 5.88 Å². The van der Waals surface area contributed by atoms with Gasteiger partial charge in [-0.3, -0.25) is 0 Å². The molecule has 4 heterocycles. The van der Waals surface area contributed by atoms with Crippen LogP contribution in [0.4, 0.5) is 5.82 Å². The maximum atomic E-state index is 5.82. The van der Waals surface area contributed by atoms with Gasteiger partial charge in [0.05, 0.1) is 6.61 Å². The highest BCUT2D eigenvalue weighted by molar-refractivity contribution is 5.46. The fraction of sp³-hybridized carbons (Fsp3) is 0.412. The van der Waals surface area contributed by atoms with Gasteiger partial charge >= 0.3 is 0 Å². The molecule has 1 aliphatic rings. The molecule has 3 aromatic rings. The minimum atomic E-state index is 0.472. The van der Waals surface area contributed by atoms with Crippen LogP contribution in [-0.4, -0.2) is 44.5 Å². The molecule has 0 aromatic carbocycles. The smallest absolute Gasteiger partial charge is 0.213 e. The molecule has 0 radical (unpaired) electrons. The van der Waals surface area contributed by atoms with Crippen molar-refractivity contribution in [1.29, 1.82) is 0 Å². The number of nitrogens with zero attached hydrogens (tertiary/aromatic N) is 6. The second-order valence-corrected chi connectivity index (χ2v) is 6.14. The van der Waals surface area contributed by atoms with E-state index < -0.39 is 0 Å². The SMILES string of the molecule is Cc1nnc2ccc(N3CCCC(COc4ccccn4)C3)nn12. The summed E-state index contributed by atoms with van der Waals surface area (Å²) >= 11 is 0. The van der Waals surface area contributed by atoms with Gasteiger partial charge in [-0.2, -0.15) is 4.52 Å². The monoisotopic (exact) mass is 324 g/mol. The largest absolute Gasteiger partial charge is 0.477 e. The van der Waals surface area contributed by atoms with E-state index in [4.69, 9.17) is 4.74 Å². The third-order valence-electron chi connectivity index (χ3n) is 4.35. The number of rotatable bonds is 4. The van der Waals surface area contributed by atoms with Gasteiger partial charge in [-0.25, -0.2) is 4.98 Å². The van der Waals surface area contributed by atoms with Crippen LogP contribution < -0.4 is 9.64 Å². The number of anilines is 1. The van der Waals surface area contributed by atoms with E-state index in [1.165, 1.54) is 0 Å². The maximum Gasteiger partial charge on any atom is 0.213 e. The topological polar surface area (TPSA) is 68.4 Å². The molecule has 0 amide bonds. The van der Waals surface area contributed by atoms with Crippen molar-refractivity contribution in [3.05, 3.63) is 42.4 Å². The van der Waals surface area contributed by atoms with Crippen LogP contribution in [-0.2, 0) is 0 Å². The van der Waals surface area contributed by atoms with E-state index in [2.05, 4.69) is 25.2 Å². The van der Waals surface area contributed by atoms with Crippen LogP contribution in [0.1, 0.15) is 18.7 Å². The summed E-state index contributed by atoms with van der Waals surface area (Å²) in [7, 11) is 0. The summed E-state index contributed by atoms with van der Waals surface area (Å²) < 4.78 is 7.62. The maximum absolute atomic E-state index is 5.82. The average molecular weight is 324 g/mol. The quantitative estimate of drug-likeness (QED) is 0.732. The molecule has 4 rings (SSSR count). The van der Waals surface area contributed by atoms with Crippen LogP contribution in [0.15, 0.2) is 36.5 Å². The second-order valence-electron chi connectivity index (χ2n) is 6.14. The fourth-order valence-corrected chi connectivity index (χ4v) is 3.10. The third-order valence-corrected chi connectivity index (χ3v) is 4.35. The Morgan fingerprint density at radius 3 is 3.04 bits per heavy atom. The Morgan fingerprint density at radius 1 is 1.21 bits per heavy atom. The lowest BCUT2D eigenvalue weighted by Crippen LogP contribution is -2.38. The first-order valence-corrected chi connectivity index (χ1v) is 8.27. The number of ether oxygens (including phenoxy) is 1. The summed E-state index contributed by atoms with van der Waals surface area (Å²) in [5.41, 5.74) is 0.781. The minimum Gasteiger partial charge on any atom is -0.477 e. The molecule has 7 nitrogen and oxygen atoms in total. The first-order chi connectivity index (χ1) is 11.8. The zero-order valence-electron chi connectivity index (χ0n) is 13.7. The van der Waals surface area contributed by atoms with E-state index in [1.807, 2.05) is 37.3 Å². The molecule has 124 valence electrons. The Morgan fingerprint density at radius 2 is 2.17 bits per heavy atom. The van der Waals surface area contributed by atoms with E-state index in [-0.39, 0.29) is 0 Å². The van der Waals surface area contributed by atoms with Crippen LogP contribution >= 0.6 is 0 Å². The number of fused-ring (bicyclic) bond motifs is 1. The van der Waals surface area contributed by atoms with Crippen molar-refractivity contribution in [2.75, 3.05) is 24.6 Å². The standard InChI is InChI=1S/C17H20N6O/c1-13-19-20-15-7-8-16(21-23(13)15)22-10-4-5-14(11-22)12-24-17-6-2-3-9-18-17/h2-3,6-9,14H,4-5,10-12H2,1H3. The first kappa shape index (κ1) is 14.9. The van der Waals surface area contributed by atoms with Gasteiger partial charge in [0, 0.05) is 31.3 Å². The normalized spacial score (nSPS) is 18.0. The zero-order chi connectivity index (χ0) is 16.4. The van der Waals surface area contributed by atoms with Crippen molar-refractivity contribution < 1.29 is 4.74 Å². The van der Waals surface area contributed by atoms with Gasteiger partial charge in [0.15, 0.2) is 11.5 Å². The Kier molecular flexibility index (Phi) is 3.98. The van der Waals surface area contributed by atoms with Crippen LogP contribution in [0.2, 0.25) is 0 Å². The molecule has 0 N–H and O–H groups in total. The molecule has 3 aromatic heterocycles. The van der Waals surface area contributed by atoms with Crippen LogP contribution in [0.25, 0.3) is 5.65 Å². The van der Waals surface area contributed by atoms with Gasteiger partial charge in [-0.05, 0) is 38.0 Å². The van der Waals surface area contributed by atoms with Crippen LogP contribution in [0.5, 0.6) is 5.88 Å². The molecule has 1 saturated heterocycles. The van der Waals surface area contributed by atoms with Crippen molar-refractivity contribution in [2.24, 2.45) is 5.92 Å². The molecule has 1 atom stereocenters. The molecule has 7 heteroatoms. The Balaban J connectivity index is 1.44. The lowest BCUT2D eigenvalue weighted by Gasteiger charge is -2.33. The highest BCUT2D eigenvalue weighted by atomic mass is 16.5. The highest BCUT2D eigenvalue weighted by Gasteiger charge is 2.22. The van der Waals surface area contributed by atoms with E-state index in [0.29, 0.717) is 18.4 Å². The predicted molar refractivity (Wildman–Crippen MR) is 90.2 cm³/mol. The molecule has 0 bridgehead atoms. The number of piperidine rings is 1. The van der Waals surface area contributed by atoms with Gasteiger partial charge in [0.2, 0.25) is 5.88 Å². The molecule has 24 heavy (non-hydrogen) atoms. The van der Waals surface area contributed by atoms with E-state index in [1.54, 1.807) is 10.7 Å². The lowest BCUT2D eigenvalue weighted by molar-refractivity contribution is 0.221. The Labute approximate surface area is 140 Å². The molecular formula is C17H20N6O. The first-order valence-electron chi connectivity index (χ1n) is 8.27. The predicted octanol–water partition coefficient (Wildman–Crippen LogP) is 2.12. The van der Waals surface area contributed by atoms with Crippen molar-refractivity contribution in [3.63, 3.8) is 0 Å². The Hall–Kier alpha value is -2.70. The molecule has 1 unspecified atom stereocenters. The summed E-state index contributed by atoms with van der Waals surface area (Å²) in [6, 6.07) is 9.72. The summed E-state index contributed by atoms with van der Waals surface area (Å²) in [4.78, 5) is 6.53. The fourth-order valence-electron chi connectivity index (χ4n) is 3.10. The summed E-state index contributed by atoms with van der Waals surface area (Å²) in [5, 5.41) is 12.8. The Bertz CT molecular complexity index is 818. The number of pyridine rings is 1. The van der Waals surface area contributed by atoms with Crippen molar-refractivity contribution >= 4 is 11.5 Å². The minimum absolute atomic E-state index is 0.472. The van der Waals surface area contributed by atoms with Crippen LogP contribution in [0.3, 0.4) is 0 Å². The highest BCUT2D eigenvalue weighted by Crippen LogP contribution is 2.22. The summed E-state index contributed by atoms with van der Waals surface area (Å²) in [6.07, 6.45) is 4.05. The van der Waals surface area contributed by atoms with Crippen molar-refractivity contribution in [1.82, 2.24) is 24.8 Å². The van der Waals surface area contributed by atoms with Crippen LogP contribution in [0, 0.1) is 12.8 Å². The number of hydrogen-bond donors (Lipinski definition) is 0. The number of aryl methyl sites for hydroxylation is 1. The number of aromatic nitrogens is 5. The summed E-state index contributed by atoms with van der Waals surface area (Å²) in [5.74, 6) is 2.93. The molecular weight excluding hydrogens is 304 g/mol. The van der Waals surface area contributed by atoms with E-state index in [0.717, 1.165) is 43.2 Å².